The largest absolute Gasteiger partial charge is 0.393 e. The van der Waals surface area contributed by atoms with Gasteiger partial charge in [0.15, 0.2) is 0 Å². The Morgan fingerprint density at radius 3 is 2.73 bits per heavy atom. The smallest absolute Gasteiger partial charge is 0.277 e. The van der Waals surface area contributed by atoms with Crippen LogP contribution in [-0.2, 0) is 10.2 Å². The lowest BCUT2D eigenvalue weighted by Gasteiger charge is -2.19. The maximum Gasteiger partial charge on any atom is 0.277 e. The summed E-state index contributed by atoms with van der Waals surface area (Å²) in [5.74, 6) is -0.00608. The van der Waals surface area contributed by atoms with E-state index < -0.39 is 10.2 Å². The van der Waals surface area contributed by atoms with Crippen molar-refractivity contribution in [2.45, 2.75) is 32.2 Å². The molecule has 7 heteroatoms. The summed E-state index contributed by atoms with van der Waals surface area (Å²) < 4.78 is 27.9. The molecule has 0 aliphatic heterocycles. The van der Waals surface area contributed by atoms with Crippen LogP contribution in [0.1, 0.15) is 26.2 Å². The van der Waals surface area contributed by atoms with E-state index in [-0.39, 0.29) is 12.0 Å². The third-order valence-electron chi connectivity index (χ3n) is 2.52. The summed E-state index contributed by atoms with van der Waals surface area (Å²) in [6.45, 7) is 2.11. The first kappa shape index (κ1) is 12.8. The monoisotopic (exact) mass is 251 g/mol. The van der Waals surface area contributed by atoms with Gasteiger partial charge in [0.05, 0.1) is 4.99 Å². The first-order chi connectivity index (χ1) is 6.96. The molecule has 0 amide bonds. The number of nitrogens with two attached hydrogens (primary N) is 1. The highest BCUT2D eigenvalue weighted by atomic mass is 32.2. The fraction of sp³-hybridized carbons (Fsp3) is 0.875. The molecule has 1 fully saturated rings. The second kappa shape index (κ2) is 5.20. The normalized spacial score (nSPS) is 26.7. The van der Waals surface area contributed by atoms with Crippen LogP contribution in [0.2, 0.25) is 0 Å². The molecule has 1 aliphatic carbocycles. The van der Waals surface area contributed by atoms with Crippen molar-refractivity contribution >= 4 is 27.4 Å². The second-order valence-electron chi connectivity index (χ2n) is 3.67. The zero-order valence-corrected chi connectivity index (χ0v) is 10.3. The lowest BCUT2D eigenvalue weighted by Crippen LogP contribution is -2.46. The lowest BCUT2D eigenvalue weighted by molar-refractivity contribution is 0.516. The van der Waals surface area contributed by atoms with Crippen LogP contribution in [-0.4, -0.2) is 26.0 Å². The molecule has 2 atom stereocenters. The fourth-order valence-corrected chi connectivity index (χ4v) is 3.30. The predicted molar refractivity (Wildman–Crippen MR) is 63.6 cm³/mol. The van der Waals surface area contributed by atoms with Crippen molar-refractivity contribution in [3.8, 4) is 0 Å². The van der Waals surface area contributed by atoms with Gasteiger partial charge < -0.3 is 5.73 Å². The van der Waals surface area contributed by atoms with Crippen molar-refractivity contribution < 1.29 is 8.42 Å². The van der Waals surface area contributed by atoms with Gasteiger partial charge in [0, 0.05) is 18.5 Å². The Kier molecular flexibility index (Phi) is 4.45. The van der Waals surface area contributed by atoms with E-state index >= 15 is 0 Å². The van der Waals surface area contributed by atoms with E-state index in [2.05, 4.69) is 9.44 Å². The van der Waals surface area contributed by atoms with Crippen LogP contribution in [0.15, 0.2) is 0 Å². The Labute approximate surface area is 96.0 Å². The minimum Gasteiger partial charge on any atom is -0.393 e. The maximum absolute atomic E-state index is 11.4. The minimum absolute atomic E-state index is 0.00608. The van der Waals surface area contributed by atoms with Gasteiger partial charge in [-0.25, -0.2) is 4.72 Å². The van der Waals surface area contributed by atoms with Crippen LogP contribution in [0.5, 0.6) is 0 Å². The van der Waals surface area contributed by atoms with Gasteiger partial charge in [-0.2, -0.15) is 13.1 Å². The summed E-state index contributed by atoms with van der Waals surface area (Å²) in [4.78, 5) is 0.400. The molecule has 4 N–H and O–H groups in total. The molecule has 1 saturated carbocycles. The van der Waals surface area contributed by atoms with Crippen molar-refractivity contribution in [1.82, 2.24) is 9.44 Å². The Balaban J connectivity index is 2.61. The summed E-state index contributed by atoms with van der Waals surface area (Å²) in [6.07, 6.45) is 2.63. The first-order valence-electron chi connectivity index (χ1n) is 5.02. The van der Waals surface area contributed by atoms with E-state index in [4.69, 9.17) is 18.0 Å². The molecule has 0 bridgehead atoms. The highest BCUT2D eigenvalue weighted by Gasteiger charge is 2.32. The molecule has 88 valence electrons. The molecule has 0 saturated heterocycles. The molecule has 15 heavy (non-hydrogen) atoms. The van der Waals surface area contributed by atoms with Crippen molar-refractivity contribution in [3.63, 3.8) is 0 Å². The summed E-state index contributed by atoms with van der Waals surface area (Å²) >= 11 is 4.91. The third-order valence-corrected chi connectivity index (χ3v) is 4.11. The summed E-state index contributed by atoms with van der Waals surface area (Å²) in [7, 11) is -3.40. The zero-order valence-electron chi connectivity index (χ0n) is 8.69. The van der Waals surface area contributed by atoms with Crippen molar-refractivity contribution in [1.29, 1.82) is 0 Å². The first-order valence-corrected chi connectivity index (χ1v) is 6.91. The van der Waals surface area contributed by atoms with Crippen LogP contribution >= 0.6 is 12.2 Å². The van der Waals surface area contributed by atoms with Crippen LogP contribution < -0.4 is 15.2 Å². The summed E-state index contributed by atoms with van der Waals surface area (Å²) in [5, 5.41) is 0. The molecule has 1 rings (SSSR count). The quantitative estimate of drug-likeness (QED) is 0.595. The molecule has 0 aromatic rings. The van der Waals surface area contributed by atoms with E-state index in [9.17, 15) is 8.42 Å². The molecular formula is C8H17N3O2S2. The predicted octanol–water partition coefficient (Wildman–Crippen LogP) is -0.115. The van der Waals surface area contributed by atoms with Crippen molar-refractivity contribution in [2.75, 3.05) is 6.54 Å². The van der Waals surface area contributed by atoms with Crippen LogP contribution in [0.25, 0.3) is 0 Å². The number of nitrogens with one attached hydrogen (secondary N) is 2. The maximum atomic E-state index is 11.4. The number of hydrogen-bond acceptors (Lipinski definition) is 3. The van der Waals surface area contributed by atoms with Gasteiger partial charge >= 0.3 is 0 Å². The molecule has 1 aliphatic rings. The standard InChI is InChI=1S/C8H17N3O2S2/c1-2-10-15(12,13)11-7-5-3-4-6(7)8(9)14/h6-7,10-11H,2-5H2,1H3,(H2,9,14). The Morgan fingerprint density at radius 1 is 1.53 bits per heavy atom. The number of thiocarbonyl (C=S) groups is 1. The van der Waals surface area contributed by atoms with E-state index in [1.807, 2.05) is 0 Å². The van der Waals surface area contributed by atoms with E-state index in [1.165, 1.54) is 0 Å². The Bertz CT molecular complexity index is 329. The topological polar surface area (TPSA) is 84.2 Å². The van der Waals surface area contributed by atoms with Gasteiger partial charge in [-0.05, 0) is 12.8 Å². The summed E-state index contributed by atoms with van der Waals surface area (Å²) in [5.41, 5.74) is 5.56. The number of rotatable bonds is 5. The van der Waals surface area contributed by atoms with Gasteiger partial charge in [0.2, 0.25) is 0 Å². The van der Waals surface area contributed by atoms with E-state index in [0.29, 0.717) is 11.5 Å². The number of hydrogen-bond donors (Lipinski definition) is 3. The van der Waals surface area contributed by atoms with Crippen molar-refractivity contribution in [2.24, 2.45) is 11.7 Å². The zero-order chi connectivity index (χ0) is 11.5. The average Bonchev–Trinajstić information content (AvgIpc) is 2.50. The minimum atomic E-state index is -3.40. The lowest BCUT2D eigenvalue weighted by atomic mass is 10.1. The van der Waals surface area contributed by atoms with Crippen LogP contribution in [0.3, 0.4) is 0 Å². The highest BCUT2D eigenvalue weighted by Crippen LogP contribution is 2.26. The molecule has 0 aromatic heterocycles. The van der Waals surface area contributed by atoms with Crippen LogP contribution in [0.4, 0.5) is 0 Å². The molecule has 5 nitrogen and oxygen atoms in total. The molecule has 2 unspecified atom stereocenters. The van der Waals surface area contributed by atoms with E-state index in [1.54, 1.807) is 6.92 Å². The van der Waals surface area contributed by atoms with Crippen molar-refractivity contribution in [3.05, 3.63) is 0 Å². The highest BCUT2D eigenvalue weighted by molar-refractivity contribution is 7.87. The molecule has 0 aromatic carbocycles. The van der Waals surface area contributed by atoms with Crippen LogP contribution in [0, 0.1) is 5.92 Å². The average molecular weight is 251 g/mol. The molecule has 0 radical (unpaired) electrons. The van der Waals surface area contributed by atoms with Gasteiger partial charge in [0.1, 0.15) is 0 Å². The van der Waals surface area contributed by atoms with Gasteiger partial charge in [-0.1, -0.05) is 25.6 Å². The van der Waals surface area contributed by atoms with E-state index in [0.717, 1.165) is 19.3 Å². The molecular weight excluding hydrogens is 234 g/mol. The van der Waals surface area contributed by atoms with Gasteiger partial charge in [0.25, 0.3) is 10.2 Å². The SMILES string of the molecule is CCNS(=O)(=O)NC1CCCC1C(N)=S. The molecule has 0 spiro atoms. The fourth-order valence-electron chi connectivity index (χ4n) is 1.87. The molecule has 0 heterocycles. The second-order valence-corrected chi connectivity index (χ2v) is 5.67. The summed E-state index contributed by atoms with van der Waals surface area (Å²) in [6, 6.07) is -0.147. The third kappa shape index (κ3) is 3.67. The Hall–Kier alpha value is -0.240. The Morgan fingerprint density at radius 2 is 2.20 bits per heavy atom. The van der Waals surface area contributed by atoms with Gasteiger partial charge in [-0.3, -0.25) is 0 Å². The van der Waals surface area contributed by atoms with Gasteiger partial charge in [-0.15, -0.1) is 0 Å².